The lowest BCUT2D eigenvalue weighted by molar-refractivity contribution is -0.118. The Hall–Kier alpha value is -3.01. The Morgan fingerprint density at radius 2 is 2.08 bits per heavy atom. The van der Waals surface area contributed by atoms with Crippen molar-refractivity contribution in [3.8, 4) is 0 Å². The van der Waals surface area contributed by atoms with E-state index in [1.54, 1.807) is 30.5 Å². The summed E-state index contributed by atoms with van der Waals surface area (Å²) in [6.07, 6.45) is -2.82. The van der Waals surface area contributed by atoms with Gasteiger partial charge in [0.25, 0.3) is 0 Å². The summed E-state index contributed by atoms with van der Waals surface area (Å²) in [6.45, 7) is 0.504. The molecule has 10 heteroatoms. The van der Waals surface area contributed by atoms with E-state index in [4.69, 9.17) is 10.3 Å². The van der Waals surface area contributed by atoms with Crippen molar-refractivity contribution in [3.05, 3.63) is 47.3 Å². The summed E-state index contributed by atoms with van der Waals surface area (Å²) in [5.74, 6) is -0.855. The molecule has 3 aromatic rings. The number of aromatic amines is 1. The molecule has 0 fully saturated rings. The number of alkyl halides is 3. The standard InChI is InChI=1S/C16H15F3N6O/c1-8-10-3-2-9(6-12(10)26-25-8)16(20)23-13-11(4-5-21-13)14(24-16)22-7-15(17,18)19/h2-6,21,23H,7,20H2,1H3,(H,22,24). The number of aromatic nitrogens is 2. The van der Waals surface area contributed by atoms with Gasteiger partial charge < -0.3 is 20.1 Å². The fraction of sp³-hybridized carbons (Fsp3) is 0.250. The zero-order valence-corrected chi connectivity index (χ0v) is 13.6. The van der Waals surface area contributed by atoms with E-state index in [2.05, 4.69) is 25.8 Å². The second kappa shape index (κ2) is 5.49. The molecule has 1 aliphatic rings. The van der Waals surface area contributed by atoms with Gasteiger partial charge in [-0.3, -0.25) is 10.7 Å². The third-order valence-corrected chi connectivity index (χ3v) is 4.16. The second-order valence-corrected chi connectivity index (χ2v) is 6.08. The molecule has 0 bridgehead atoms. The number of H-pyrrole nitrogens is 1. The molecule has 0 aliphatic carbocycles. The van der Waals surface area contributed by atoms with Gasteiger partial charge in [0, 0.05) is 17.1 Å². The number of nitrogens with one attached hydrogen (secondary N) is 3. The normalized spacial score (nSPS) is 21.5. The number of hydrogen-bond donors (Lipinski definition) is 4. The van der Waals surface area contributed by atoms with Gasteiger partial charge in [-0.05, 0) is 25.1 Å². The predicted molar refractivity (Wildman–Crippen MR) is 89.6 cm³/mol. The summed E-state index contributed by atoms with van der Waals surface area (Å²) in [7, 11) is 0. The summed E-state index contributed by atoms with van der Waals surface area (Å²) >= 11 is 0. The Morgan fingerprint density at radius 3 is 2.85 bits per heavy atom. The molecule has 3 heterocycles. The van der Waals surface area contributed by atoms with E-state index in [1.165, 1.54) is 0 Å². The maximum absolute atomic E-state index is 12.6. The smallest absolute Gasteiger partial charge is 0.356 e. The lowest BCUT2D eigenvalue weighted by Crippen LogP contribution is -2.61. The zero-order chi connectivity index (χ0) is 18.5. The van der Waals surface area contributed by atoms with Crippen LogP contribution in [0.3, 0.4) is 0 Å². The fourth-order valence-corrected chi connectivity index (χ4v) is 2.90. The molecule has 0 spiro atoms. The molecule has 0 saturated heterocycles. The Kier molecular flexibility index (Phi) is 3.48. The number of nitrogens with two attached hydrogens (primary N) is 1. The average molecular weight is 364 g/mol. The van der Waals surface area contributed by atoms with Crippen LogP contribution in [0.5, 0.6) is 0 Å². The molecular formula is C16H15F3N6O. The monoisotopic (exact) mass is 364 g/mol. The Labute approximate surface area is 145 Å². The van der Waals surface area contributed by atoms with E-state index in [1.807, 2.05) is 6.92 Å². The van der Waals surface area contributed by atoms with Gasteiger partial charge in [0.15, 0.2) is 11.4 Å². The molecular weight excluding hydrogens is 349 g/mol. The first kappa shape index (κ1) is 16.5. The first-order chi connectivity index (χ1) is 12.3. The number of fused-ring (bicyclic) bond motifs is 2. The summed E-state index contributed by atoms with van der Waals surface area (Å²) in [5, 5.41) is 10.6. The summed E-state index contributed by atoms with van der Waals surface area (Å²) < 4.78 is 43.0. The maximum atomic E-state index is 12.6. The van der Waals surface area contributed by atoms with Gasteiger partial charge >= 0.3 is 6.18 Å². The number of anilines is 1. The van der Waals surface area contributed by atoms with Crippen LogP contribution in [-0.2, 0) is 5.79 Å². The number of amidine groups is 1. The van der Waals surface area contributed by atoms with Crippen LogP contribution >= 0.6 is 0 Å². The van der Waals surface area contributed by atoms with Crippen LogP contribution in [0.25, 0.3) is 11.0 Å². The van der Waals surface area contributed by atoms with Gasteiger partial charge in [-0.15, -0.1) is 0 Å². The molecule has 0 saturated carbocycles. The minimum absolute atomic E-state index is 0.0497. The van der Waals surface area contributed by atoms with Crippen molar-refractivity contribution < 1.29 is 17.7 Å². The first-order valence-corrected chi connectivity index (χ1v) is 7.76. The van der Waals surface area contributed by atoms with E-state index in [-0.39, 0.29) is 5.84 Å². The molecule has 7 nitrogen and oxygen atoms in total. The lowest BCUT2D eigenvalue weighted by atomic mass is 10.0. The summed E-state index contributed by atoms with van der Waals surface area (Å²) in [4.78, 5) is 6.58. The highest BCUT2D eigenvalue weighted by molar-refractivity contribution is 6.05. The van der Waals surface area contributed by atoms with E-state index >= 15 is 0 Å². The average Bonchev–Trinajstić information content (AvgIpc) is 3.18. The van der Waals surface area contributed by atoms with E-state index in [0.717, 1.165) is 11.1 Å². The van der Waals surface area contributed by atoms with E-state index in [0.29, 0.717) is 22.5 Å². The van der Waals surface area contributed by atoms with E-state index < -0.39 is 18.5 Å². The van der Waals surface area contributed by atoms with Crippen LogP contribution in [-0.4, -0.2) is 28.7 Å². The number of rotatable bonds is 2. The molecule has 2 aromatic heterocycles. The van der Waals surface area contributed by atoms with Gasteiger partial charge in [0.1, 0.15) is 18.2 Å². The molecule has 26 heavy (non-hydrogen) atoms. The highest BCUT2D eigenvalue weighted by atomic mass is 19.4. The second-order valence-electron chi connectivity index (χ2n) is 6.08. The van der Waals surface area contributed by atoms with Gasteiger partial charge in [-0.1, -0.05) is 11.2 Å². The molecule has 1 atom stereocenters. The van der Waals surface area contributed by atoms with Crippen molar-refractivity contribution in [1.29, 1.82) is 0 Å². The molecule has 5 N–H and O–H groups in total. The van der Waals surface area contributed by atoms with Crippen LogP contribution in [0, 0.1) is 6.92 Å². The largest absolute Gasteiger partial charge is 0.408 e. The minimum Gasteiger partial charge on any atom is -0.356 e. The molecule has 4 rings (SSSR count). The van der Waals surface area contributed by atoms with Crippen LogP contribution < -0.4 is 16.4 Å². The molecule has 1 aromatic carbocycles. The quantitative estimate of drug-likeness (QED) is 0.559. The molecule has 136 valence electrons. The minimum atomic E-state index is -4.41. The SMILES string of the molecule is Cc1noc2cc(C3(N)NC(=NCC(F)(F)F)c4cc[nH]c4N3)ccc12. The number of aliphatic imine (C=N–C) groups is 1. The van der Waals surface area contributed by atoms with Crippen molar-refractivity contribution in [3.63, 3.8) is 0 Å². The highest BCUT2D eigenvalue weighted by Gasteiger charge is 2.36. The van der Waals surface area contributed by atoms with Crippen LogP contribution in [0.1, 0.15) is 16.8 Å². The molecule has 1 unspecified atom stereocenters. The van der Waals surface area contributed by atoms with Crippen molar-refractivity contribution in [2.24, 2.45) is 10.7 Å². The number of aryl methyl sites for hydroxylation is 1. The van der Waals surface area contributed by atoms with Crippen molar-refractivity contribution >= 4 is 22.6 Å². The van der Waals surface area contributed by atoms with Gasteiger partial charge in [0.05, 0.1) is 11.3 Å². The van der Waals surface area contributed by atoms with Crippen LogP contribution in [0.4, 0.5) is 19.0 Å². The molecule has 0 radical (unpaired) electrons. The lowest BCUT2D eigenvalue weighted by Gasteiger charge is -2.37. The Morgan fingerprint density at radius 1 is 1.27 bits per heavy atom. The maximum Gasteiger partial charge on any atom is 0.408 e. The first-order valence-electron chi connectivity index (χ1n) is 7.76. The van der Waals surface area contributed by atoms with E-state index in [9.17, 15) is 13.2 Å². The predicted octanol–water partition coefficient (Wildman–Crippen LogP) is 2.56. The van der Waals surface area contributed by atoms with Gasteiger partial charge in [0.2, 0.25) is 0 Å². The zero-order valence-electron chi connectivity index (χ0n) is 13.6. The number of benzene rings is 1. The number of halogens is 3. The highest BCUT2D eigenvalue weighted by Crippen LogP contribution is 2.30. The van der Waals surface area contributed by atoms with Gasteiger partial charge in [-0.2, -0.15) is 13.2 Å². The summed E-state index contributed by atoms with van der Waals surface area (Å²) in [5.41, 5.74) is 8.72. The Bertz CT molecular complexity index is 1000. The van der Waals surface area contributed by atoms with Crippen molar-refractivity contribution in [2.45, 2.75) is 18.9 Å². The molecule has 0 amide bonds. The number of nitrogens with zero attached hydrogens (tertiary/aromatic N) is 2. The van der Waals surface area contributed by atoms with Crippen LogP contribution in [0.15, 0.2) is 40.0 Å². The fourth-order valence-electron chi connectivity index (χ4n) is 2.90. The topological polar surface area (TPSA) is 104 Å². The Balaban J connectivity index is 1.75. The van der Waals surface area contributed by atoms with Crippen LogP contribution in [0.2, 0.25) is 0 Å². The number of hydrogen-bond acceptors (Lipinski definition) is 5. The summed E-state index contributed by atoms with van der Waals surface area (Å²) in [6, 6.07) is 6.85. The third-order valence-electron chi connectivity index (χ3n) is 4.16. The molecule has 1 aliphatic heterocycles. The third kappa shape index (κ3) is 2.77. The van der Waals surface area contributed by atoms with Crippen molar-refractivity contribution in [2.75, 3.05) is 11.9 Å². The van der Waals surface area contributed by atoms with Crippen molar-refractivity contribution in [1.82, 2.24) is 15.5 Å². The van der Waals surface area contributed by atoms with Gasteiger partial charge in [-0.25, -0.2) is 0 Å².